The van der Waals surface area contributed by atoms with Crippen molar-refractivity contribution in [1.29, 1.82) is 5.26 Å². The molecule has 1 heterocycles. The maximum atomic E-state index is 12.8. The molecule has 3 N–H and O–H groups in total. The van der Waals surface area contributed by atoms with E-state index in [4.69, 9.17) is 0 Å². The number of nitrogens with zero attached hydrogens (tertiary/aromatic N) is 2. The highest BCUT2D eigenvalue weighted by Crippen LogP contribution is 2.29. The van der Waals surface area contributed by atoms with Crippen molar-refractivity contribution in [3.8, 4) is 6.07 Å². The Balaban J connectivity index is 1.22. The van der Waals surface area contributed by atoms with Gasteiger partial charge in [-0.1, -0.05) is 25.3 Å². The minimum atomic E-state index is -0.156. The fourth-order valence-electron chi connectivity index (χ4n) is 4.30. The number of hydrogen-bond donors (Lipinski definition) is 3. The van der Waals surface area contributed by atoms with Crippen LogP contribution in [-0.4, -0.2) is 17.4 Å². The molecule has 1 aliphatic carbocycles. The molecule has 3 aromatic carbocycles. The number of nitrogens with one attached hydrogen (secondary N) is 3. The van der Waals surface area contributed by atoms with Crippen LogP contribution in [-0.2, 0) is 0 Å². The first kappa shape index (κ1) is 22.4. The third-order valence-electron chi connectivity index (χ3n) is 6.52. The Hall–Kier alpha value is -4.37. The van der Waals surface area contributed by atoms with Gasteiger partial charge in [-0.25, -0.2) is 0 Å². The van der Waals surface area contributed by atoms with Crippen molar-refractivity contribution in [2.45, 2.75) is 25.7 Å². The van der Waals surface area contributed by atoms with Gasteiger partial charge in [0.25, 0.3) is 5.91 Å². The number of benzene rings is 3. The highest BCUT2D eigenvalue weighted by Gasteiger charge is 2.16. The molecule has 1 aliphatic rings. The summed E-state index contributed by atoms with van der Waals surface area (Å²) in [5.74, 6) is 0.714. The summed E-state index contributed by atoms with van der Waals surface area (Å²) in [5.41, 5.74) is 5.45. The van der Waals surface area contributed by atoms with Crippen LogP contribution >= 0.6 is 0 Å². The molecular weight excluding hydrogens is 434 g/mol. The quantitative estimate of drug-likeness (QED) is 0.271. The van der Waals surface area contributed by atoms with Gasteiger partial charge in [-0.2, -0.15) is 5.26 Å². The molecule has 1 fully saturated rings. The van der Waals surface area contributed by atoms with Gasteiger partial charge in [-0.05, 0) is 79.1 Å². The highest BCUT2D eigenvalue weighted by molar-refractivity contribution is 6.04. The summed E-state index contributed by atoms with van der Waals surface area (Å²) in [4.78, 5) is 17.2. The van der Waals surface area contributed by atoms with Gasteiger partial charge in [-0.3, -0.25) is 9.78 Å². The summed E-state index contributed by atoms with van der Waals surface area (Å²) in [7, 11) is 0. The monoisotopic (exact) mass is 461 g/mol. The molecule has 5 rings (SSSR count). The molecule has 174 valence electrons. The predicted octanol–water partition coefficient (Wildman–Crippen LogP) is 6.70. The van der Waals surface area contributed by atoms with E-state index in [-0.39, 0.29) is 5.91 Å². The summed E-state index contributed by atoms with van der Waals surface area (Å²) in [5, 5.41) is 19.9. The number of carbonyl (C=O) groups excluding carboxylic acids is 1. The Kier molecular flexibility index (Phi) is 6.58. The first-order valence-electron chi connectivity index (χ1n) is 12.0. The van der Waals surface area contributed by atoms with E-state index in [1.165, 1.54) is 25.7 Å². The highest BCUT2D eigenvalue weighted by atomic mass is 16.1. The second kappa shape index (κ2) is 10.3. The average molecular weight is 462 g/mol. The van der Waals surface area contributed by atoms with Gasteiger partial charge in [0.1, 0.15) is 0 Å². The van der Waals surface area contributed by atoms with Crippen LogP contribution < -0.4 is 16.0 Å². The Morgan fingerprint density at radius 1 is 0.971 bits per heavy atom. The molecule has 1 aromatic heterocycles. The van der Waals surface area contributed by atoms with E-state index in [0.717, 1.165) is 46.1 Å². The standard InChI is InChI=1S/C29H27N5O/c30-19-21-7-12-27-26(17-21)28(14-16-32-27)33-23-10-8-22(9-11-23)29(35)34-25-6-2-5-24(18-25)31-15-13-20-3-1-4-20/h2,5-12,14,16-18,20,31H,1,3-4,13,15H2,(H,32,33)(H,34,35). The Labute approximate surface area is 205 Å². The molecule has 0 aliphatic heterocycles. The molecule has 0 bridgehead atoms. The van der Waals surface area contributed by atoms with E-state index in [2.05, 4.69) is 27.0 Å². The molecule has 6 nitrogen and oxygen atoms in total. The van der Waals surface area contributed by atoms with Gasteiger partial charge in [0.15, 0.2) is 0 Å². The van der Waals surface area contributed by atoms with Crippen LogP contribution in [0.15, 0.2) is 79.0 Å². The van der Waals surface area contributed by atoms with Crippen molar-refractivity contribution in [3.63, 3.8) is 0 Å². The molecule has 6 heteroatoms. The van der Waals surface area contributed by atoms with Crippen molar-refractivity contribution in [2.75, 3.05) is 22.5 Å². The summed E-state index contributed by atoms with van der Waals surface area (Å²) in [6.07, 6.45) is 7.01. The number of fused-ring (bicyclic) bond motifs is 1. The number of carbonyl (C=O) groups is 1. The Bertz CT molecular complexity index is 1390. The third-order valence-corrected chi connectivity index (χ3v) is 6.52. The summed E-state index contributed by atoms with van der Waals surface area (Å²) >= 11 is 0. The number of nitriles is 1. The minimum absolute atomic E-state index is 0.156. The van der Waals surface area contributed by atoms with E-state index in [9.17, 15) is 10.1 Å². The van der Waals surface area contributed by atoms with Gasteiger partial charge in [-0.15, -0.1) is 0 Å². The van der Waals surface area contributed by atoms with Crippen LogP contribution in [0.25, 0.3) is 10.9 Å². The smallest absolute Gasteiger partial charge is 0.255 e. The molecule has 0 saturated heterocycles. The zero-order valence-electron chi connectivity index (χ0n) is 19.4. The van der Waals surface area contributed by atoms with Crippen molar-refractivity contribution in [1.82, 2.24) is 4.98 Å². The lowest BCUT2D eigenvalue weighted by atomic mass is 9.83. The maximum absolute atomic E-state index is 12.8. The SMILES string of the molecule is N#Cc1ccc2nccc(Nc3ccc(C(=O)Nc4cccc(NCCC5CCC5)c4)cc3)c2c1. The second-order valence-corrected chi connectivity index (χ2v) is 8.95. The lowest BCUT2D eigenvalue weighted by Gasteiger charge is -2.25. The molecular formula is C29H27N5O. The number of anilines is 4. The van der Waals surface area contributed by atoms with E-state index in [1.807, 2.05) is 54.6 Å². The van der Waals surface area contributed by atoms with Crippen LogP contribution in [0.2, 0.25) is 0 Å². The zero-order valence-corrected chi connectivity index (χ0v) is 19.4. The molecule has 0 unspecified atom stereocenters. The fourth-order valence-corrected chi connectivity index (χ4v) is 4.30. The van der Waals surface area contributed by atoms with Crippen LogP contribution in [0.1, 0.15) is 41.6 Å². The predicted molar refractivity (Wildman–Crippen MR) is 141 cm³/mol. The van der Waals surface area contributed by atoms with Gasteiger partial charge in [0, 0.05) is 46.4 Å². The van der Waals surface area contributed by atoms with Crippen LogP contribution in [0.5, 0.6) is 0 Å². The van der Waals surface area contributed by atoms with E-state index in [0.29, 0.717) is 11.1 Å². The van der Waals surface area contributed by atoms with Gasteiger partial charge in [0.05, 0.1) is 17.1 Å². The normalized spacial score (nSPS) is 13.0. The second-order valence-electron chi connectivity index (χ2n) is 8.95. The molecule has 4 aromatic rings. The van der Waals surface area contributed by atoms with E-state index >= 15 is 0 Å². The topological polar surface area (TPSA) is 89.8 Å². The van der Waals surface area contributed by atoms with Crippen molar-refractivity contribution in [3.05, 3.63) is 90.1 Å². The van der Waals surface area contributed by atoms with Gasteiger partial charge < -0.3 is 16.0 Å². The number of hydrogen-bond acceptors (Lipinski definition) is 5. The van der Waals surface area contributed by atoms with Crippen LogP contribution in [0.3, 0.4) is 0 Å². The van der Waals surface area contributed by atoms with E-state index in [1.54, 1.807) is 24.4 Å². The zero-order chi connectivity index (χ0) is 24.0. The van der Waals surface area contributed by atoms with Crippen LogP contribution in [0, 0.1) is 17.2 Å². The number of amides is 1. The van der Waals surface area contributed by atoms with Gasteiger partial charge in [0.2, 0.25) is 0 Å². The average Bonchev–Trinajstić information content (AvgIpc) is 2.86. The Morgan fingerprint density at radius 2 is 1.80 bits per heavy atom. The fraction of sp³-hybridized carbons (Fsp3) is 0.207. The summed E-state index contributed by atoms with van der Waals surface area (Å²) < 4.78 is 0. The number of pyridine rings is 1. The molecule has 0 spiro atoms. The molecule has 1 saturated carbocycles. The molecule has 0 atom stereocenters. The van der Waals surface area contributed by atoms with Crippen LogP contribution in [0.4, 0.5) is 22.7 Å². The number of aromatic nitrogens is 1. The molecule has 1 amide bonds. The third kappa shape index (κ3) is 5.42. The first-order chi connectivity index (χ1) is 17.2. The van der Waals surface area contributed by atoms with E-state index < -0.39 is 0 Å². The molecule has 35 heavy (non-hydrogen) atoms. The lowest BCUT2D eigenvalue weighted by Crippen LogP contribution is -2.16. The van der Waals surface area contributed by atoms with Crippen molar-refractivity contribution >= 4 is 39.6 Å². The summed E-state index contributed by atoms with van der Waals surface area (Å²) in [6, 6.07) is 24.6. The van der Waals surface area contributed by atoms with Gasteiger partial charge >= 0.3 is 0 Å². The largest absolute Gasteiger partial charge is 0.385 e. The maximum Gasteiger partial charge on any atom is 0.255 e. The molecule has 0 radical (unpaired) electrons. The minimum Gasteiger partial charge on any atom is -0.385 e. The van der Waals surface area contributed by atoms with Crippen molar-refractivity contribution < 1.29 is 4.79 Å². The van der Waals surface area contributed by atoms with Crippen molar-refractivity contribution in [2.24, 2.45) is 5.92 Å². The Morgan fingerprint density at radius 3 is 2.57 bits per heavy atom. The number of rotatable bonds is 8. The lowest BCUT2D eigenvalue weighted by molar-refractivity contribution is 0.102. The summed E-state index contributed by atoms with van der Waals surface area (Å²) in [6.45, 7) is 0.959. The first-order valence-corrected chi connectivity index (χ1v) is 12.0.